The van der Waals surface area contributed by atoms with Crippen LogP contribution in [0, 0.1) is 6.92 Å². The molecule has 1 atom stereocenters. The van der Waals surface area contributed by atoms with Gasteiger partial charge in [-0.1, -0.05) is 6.92 Å². The smallest absolute Gasteiger partial charge is 0.137 e. The monoisotopic (exact) mass is 274 g/mol. The molecule has 2 aromatic rings. The van der Waals surface area contributed by atoms with Crippen LogP contribution in [0.25, 0.3) is 0 Å². The largest absolute Gasteiger partial charge is 0.495 e. The van der Waals surface area contributed by atoms with Crippen molar-refractivity contribution in [3.05, 3.63) is 41.5 Å². The van der Waals surface area contributed by atoms with Crippen LogP contribution in [0.2, 0.25) is 0 Å². The second-order valence-corrected chi connectivity index (χ2v) is 4.88. The molecule has 0 radical (unpaired) electrons. The summed E-state index contributed by atoms with van der Waals surface area (Å²) in [6, 6.07) is 4.19. The molecule has 2 rings (SSSR count). The van der Waals surface area contributed by atoms with Crippen molar-refractivity contribution in [3.8, 4) is 5.75 Å². The molecule has 108 valence electrons. The van der Waals surface area contributed by atoms with Gasteiger partial charge in [-0.25, -0.2) is 0 Å². The van der Waals surface area contributed by atoms with Gasteiger partial charge in [-0.05, 0) is 37.6 Å². The third kappa shape index (κ3) is 3.17. The maximum atomic E-state index is 5.27. The van der Waals surface area contributed by atoms with Crippen LogP contribution >= 0.6 is 0 Å². The van der Waals surface area contributed by atoms with E-state index in [1.807, 2.05) is 30.9 Å². The molecule has 5 nitrogen and oxygen atoms in total. The van der Waals surface area contributed by atoms with Crippen molar-refractivity contribution in [2.75, 3.05) is 13.7 Å². The van der Waals surface area contributed by atoms with Crippen LogP contribution < -0.4 is 10.1 Å². The Hall–Kier alpha value is -1.88. The first kappa shape index (κ1) is 14.5. The van der Waals surface area contributed by atoms with Crippen molar-refractivity contribution in [2.24, 2.45) is 7.05 Å². The van der Waals surface area contributed by atoms with Gasteiger partial charge in [-0.2, -0.15) is 5.10 Å². The van der Waals surface area contributed by atoms with Gasteiger partial charge in [0.15, 0.2) is 0 Å². The summed E-state index contributed by atoms with van der Waals surface area (Å²) >= 11 is 0. The molecule has 2 heterocycles. The van der Waals surface area contributed by atoms with Crippen LogP contribution in [0.1, 0.15) is 36.3 Å². The topological polar surface area (TPSA) is 52.0 Å². The number of aromatic nitrogens is 3. The number of rotatable bonds is 6. The average Bonchev–Trinajstić information content (AvgIpc) is 2.78. The summed E-state index contributed by atoms with van der Waals surface area (Å²) in [6.45, 7) is 5.10. The number of methoxy groups -OCH3 is 1. The molecule has 0 aliphatic heterocycles. The molecule has 0 saturated carbocycles. The molecule has 2 aromatic heterocycles. The van der Waals surface area contributed by atoms with Crippen molar-refractivity contribution in [2.45, 2.75) is 26.3 Å². The second-order valence-electron chi connectivity index (χ2n) is 4.88. The van der Waals surface area contributed by atoms with E-state index >= 15 is 0 Å². The molecule has 0 bridgehead atoms. The molecular formula is C15H22N4O. The summed E-state index contributed by atoms with van der Waals surface area (Å²) in [5.41, 5.74) is 3.23. The van der Waals surface area contributed by atoms with Gasteiger partial charge in [-0.15, -0.1) is 0 Å². The number of hydrogen-bond acceptors (Lipinski definition) is 4. The third-order valence-corrected chi connectivity index (χ3v) is 3.24. The normalized spacial score (nSPS) is 12.4. The van der Waals surface area contributed by atoms with E-state index in [-0.39, 0.29) is 6.04 Å². The van der Waals surface area contributed by atoms with Crippen LogP contribution in [0.4, 0.5) is 0 Å². The molecule has 1 N–H and O–H groups in total. The summed E-state index contributed by atoms with van der Waals surface area (Å²) in [4.78, 5) is 4.25. The quantitative estimate of drug-likeness (QED) is 0.877. The minimum absolute atomic E-state index is 0.0729. The first-order valence-electron chi connectivity index (χ1n) is 6.88. The van der Waals surface area contributed by atoms with Crippen molar-refractivity contribution < 1.29 is 4.74 Å². The predicted octanol–water partition coefficient (Wildman–Crippen LogP) is 2.22. The first-order chi connectivity index (χ1) is 9.65. The van der Waals surface area contributed by atoms with Crippen LogP contribution in [0.3, 0.4) is 0 Å². The average molecular weight is 274 g/mol. The Morgan fingerprint density at radius 2 is 2.15 bits per heavy atom. The zero-order valence-corrected chi connectivity index (χ0v) is 12.6. The van der Waals surface area contributed by atoms with Crippen molar-refractivity contribution >= 4 is 0 Å². The Bertz CT molecular complexity index is 565. The highest BCUT2D eigenvalue weighted by molar-refractivity contribution is 5.32. The summed E-state index contributed by atoms with van der Waals surface area (Å²) in [7, 11) is 3.63. The van der Waals surface area contributed by atoms with Gasteiger partial charge in [0.2, 0.25) is 0 Å². The standard InChI is InChI=1S/C15H22N4O/c1-5-6-17-15(14-7-11(2)18-19(14)3)12-8-13(20-4)10-16-9-12/h7-10,15,17H,5-6H2,1-4H3. The van der Waals surface area contributed by atoms with E-state index in [1.54, 1.807) is 13.3 Å². The molecule has 0 aliphatic carbocycles. The van der Waals surface area contributed by atoms with Crippen molar-refractivity contribution in [1.82, 2.24) is 20.1 Å². The first-order valence-corrected chi connectivity index (χ1v) is 6.88. The number of aryl methyl sites for hydroxylation is 2. The van der Waals surface area contributed by atoms with E-state index in [2.05, 4.69) is 28.4 Å². The number of hydrogen-bond donors (Lipinski definition) is 1. The fraction of sp³-hybridized carbons (Fsp3) is 0.467. The zero-order chi connectivity index (χ0) is 14.5. The number of nitrogens with zero attached hydrogens (tertiary/aromatic N) is 3. The molecule has 5 heteroatoms. The SMILES string of the molecule is CCCNC(c1cncc(OC)c1)c1cc(C)nn1C. The summed E-state index contributed by atoms with van der Waals surface area (Å²) < 4.78 is 7.19. The lowest BCUT2D eigenvalue weighted by molar-refractivity contribution is 0.411. The fourth-order valence-corrected chi connectivity index (χ4v) is 2.29. The molecule has 0 amide bonds. The Balaban J connectivity index is 2.38. The Labute approximate surface area is 120 Å². The minimum atomic E-state index is 0.0729. The highest BCUT2D eigenvalue weighted by Crippen LogP contribution is 2.24. The van der Waals surface area contributed by atoms with Gasteiger partial charge in [0.1, 0.15) is 5.75 Å². The van der Waals surface area contributed by atoms with Gasteiger partial charge in [0.05, 0.1) is 30.7 Å². The maximum Gasteiger partial charge on any atom is 0.137 e. The van der Waals surface area contributed by atoms with E-state index in [4.69, 9.17) is 4.74 Å². The molecule has 0 saturated heterocycles. The lowest BCUT2D eigenvalue weighted by Gasteiger charge is -2.19. The Morgan fingerprint density at radius 3 is 2.75 bits per heavy atom. The van der Waals surface area contributed by atoms with E-state index in [0.717, 1.165) is 35.7 Å². The van der Waals surface area contributed by atoms with Crippen LogP contribution in [-0.2, 0) is 7.05 Å². The minimum Gasteiger partial charge on any atom is -0.495 e. The van der Waals surface area contributed by atoms with Gasteiger partial charge >= 0.3 is 0 Å². The van der Waals surface area contributed by atoms with Gasteiger partial charge in [0.25, 0.3) is 0 Å². The van der Waals surface area contributed by atoms with Gasteiger partial charge in [-0.3, -0.25) is 9.67 Å². The maximum absolute atomic E-state index is 5.27. The predicted molar refractivity (Wildman–Crippen MR) is 78.9 cm³/mol. The van der Waals surface area contributed by atoms with Crippen molar-refractivity contribution in [3.63, 3.8) is 0 Å². The number of ether oxygens (including phenoxy) is 1. The van der Waals surface area contributed by atoms with E-state index < -0.39 is 0 Å². The van der Waals surface area contributed by atoms with E-state index in [9.17, 15) is 0 Å². The zero-order valence-electron chi connectivity index (χ0n) is 12.6. The number of pyridine rings is 1. The van der Waals surface area contributed by atoms with Crippen LogP contribution in [0.5, 0.6) is 5.75 Å². The molecule has 0 spiro atoms. The Kier molecular flexibility index (Phi) is 4.74. The van der Waals surface area contributed by atoms with Crippen LogP contribution in [0.15, 0.2) is 24.5 Å². The molecule has 0 fully saturated rings. The fourth-order valence-electron chi connectivity index (χ4n) is 2.29. The summed E-state index contributed by atoms with van der Waals surface area (Å²) in [5.74, 6) is 0.768. The lowest BCUT2D eigenvalue weighted by Crippen LogP contribution is -2.25. The lowest BCUT2D eigenvalue weighted by atomic mass is 10.0. The van der Waals surface area contributed by atoms with Crippen LogP contribution in [-0.4, -0.2) is 28.4 Å². The van der Waals surface area contributed by atoms with Crippen molar-refractivity contribution in [1.29, 1.82) is 0 Å². The Morgan fingerprint density at radius 1 is 1.35 bits per heavy atom. The molecule has 0 aromatic carbocycles. The molecule has 0 aliphatic rings. The summed E-state index contributed by atoms with van der Waals surface area (Å²) in [6.07, 6.45) is 4.66. The van der Waals surface area contributed by atoms with E-state index in [1.165, 1.54) is 0 Å². The molecule has 1 unspecified atom stereocenters. The molecular weight excluding hydrogens is 252 g/mol. The highest BCUT2D eigenvalue weighted by atomic mass is 16.5. The van der Waals surface area contributed by atoms with Gasteiger partial charge in [0, 0.05) is 13.2 Å². The van der Waals surface area contributed by atoms with Gasteiger partial charge < -0.3 is 10.1 Å². The summed E-state index contributed by atoms with van der Waals surface area (Å²) in [5, 5.41) is 7.98. The second kappa shape index (κ2) is 6.52. The van der Waals surface area contributed by atoms with E-state index in [0.29, 0.717) is 0 Å². The molecule has 20 heavy (non-hydrogen) atoms. The number of nitrogens with one attached hydrogen (secondary N) is 1. The third-order valence-electron chi connectivity index (χ3n) is 3.24. The highest BCUT2D eigenvalue weighted by Gasteiger charge is 2.18.